The molecule has 1 aliphatic rings. The molecule has 0 spiro atoms. The van der Waals surface area contributed by atoms with E-state index in [9.17, 15) is 0 Å². The molecular weight excluding hydrogens is 360 g/mol. The maximum atomic E-state index is 2.35. The smallest absolute Gasteiger partial charge is 0.0149 e. The minimum atomic E-state index is 1.10. The first-order valence-corrected chi connectivity index (χ1v) is 10.6. The summed E-state index contributed by atoms with van der Waals surface area (Å²) in [7, 11) is 0. The van der Waals surface area contributed by atoms with Gasteiger partial charge in [0, 0.05) is 0 Å². The van der Waals surface area contributed by atoms with E-state index in [0.29, 0.717) is 0 Å². The second-order valence-electron chi connectivity index (χ2n) is 7.82. The van der Waals surface area contributed by atoms with Crippen LogP contribution < -0.4 is 0 Å². The Labute approximate surface area is 178 Å². The first-order valence-electron chi connectivity index (χ1n) is 10.6. The van der Waals surface area contributed by atoms with Crippen LogP contribution in [0.2, 0.25) is 0 Å². The summed E-state index contributed by atoms with van der Waals surface area (Å²) in [4.78, 5) is 0. The van der Waals surface area contributed by atoms with Crippen LogP contribution in [0.1, 0.15) is 33.4 Å². The van der Waals surface area contributed by atoms with Gasteiger partial charge in [-0.25, -0.2) is 0 Å². The van der Waals surface area contributed by atoms with Gasteiger partial charge in [0.15, 0.2) is 0 Å². The van der Waals surface area contributed by atoms with Crippen LogP contribution in [-0.2, 0) is 12.8 Å². The predicted molar refractivity (Wildman–Crippen MR) is 130 cm³/mol. The Kier molecular flexibility index (Phi) is 5.14. The predicted octanol–water partition coefficient (Wildman–Crippen LogP) is 7.79. The lowest BCUT2D eigenvalue weighted by molar-refractivity contribution is 0.941. The van der Waals surface area contributed by atoms with E-state index in [1.54, 1.807) is 0 Å². The Hall–Kier alpha value is -3.64. The van der Waals surface area contributed by atoms with E-state index in [1.807, 2.05) is 0 Å². The topological polar surface area (TPSA) is 0 Å². The molecule has 0 fully saturated rings. The number of hydrogen-bond donors (Lipinski definition) is 0. The van der Waals surface area contributed by atoms with Crippen LogP contribution in [0.5, 0.6) is 0 Å². The summed E-state index contributed by atoms with van der Waals surface area (Å²) < 4.78 is 0. The molecule has 0 aliphatic heterocycles. The fraction of sp³-hybridized carbons (Fsp3) is 0.0667. The van der Waals surface area contributed by atoms with Crippen molar-refractivity contribution in [3.05, 3.63) is 130 Å². The van der Waals surface area contributed by atoms with E-state index in [2.05, 4.69) is 121 Å². The molecule has 0 heterocycles. The highest BCUT2D eigenvalue weighted by Gasteiger charge is 2.16. The van der Waals surface area contributed by atoms with Gasteiger partial charge in [-0.2, -0.15) is 0 Å². The Morgan fingerprint density at radius 1 is 0.400 bits per heavy atom. The van der Waals surface area contributed by atoms with E-state index in [4.69, 9.17) is 0 Å². The maximum absolute atomic E-state index is 2.35. The molecule has 0 saturated heterocycles. The van der Waals surface area contributed by atoms with E-state index in [1.165, 1.54) is 44.5 Å². The van der Waals surface area contributed by atoms with Crippen molar-refractivity contribution >= 4 is 24.3 Å². The standard InChI is InChI=1S/C30H24/c1-3-7-23(8-4-1)11-13-25-15-19-29-27(21-25)17-18-28-22-26(16-20-30(28)29)14-12-24-9-5-2-6-10-24/h1-16,19-22H,17-18H2/b13-11+,14-12+. The molecular formula is C30H24. The average molecular weight is 385 g/mol. The molecule has 0 saturated carbocycles. The summed E-state index contributed by atoms with van der Waals surface area (Å²) >= 11 is 0. The highest BCUT2D eigenvalue weighted by atomic mass is 14.2. The summed E-state index contributed by atoms with van der Waals surface area (Å²) in [6.07, 6.45) is 11.0. The molecule has 0 amide bonds. The van der Waals surface area contributed by atoms with Gasteiger partial charge in [0.05, 0.1) is 0 Å². The highest BCUT2D eigenvalue weighted by Crippen LogP contribution is 2.35. The van der Waals surface area contributed by atoms with Crippen molar-refractivity contribution < 1.29 is 0 Å². The van der Waals surface area contributed by atoms with E-state index >= 15 is 0 Å². The second kappa shape index (κ2) is 8.39. The molecule has 5 rings (SSSR count). The van der Waals surface area contributed by atoms with Gasteiger partial charge in [0.25, 0.3) is 0 Å². The van der Waals surface area contributed by atoms with Crippen LogP contribution >= 0.6 is 0 Å². The minimum Gasteiger partial charge on any atom is -0.0622 e. The zero-order chi connectivity index (χ0) is 20.2. The van der Waals surface area contributed by atoms with Crippen LogP contribution in [0.4, 0.5) is 0 Å². The molecule has 0 nitrogen and oxygen atoms in total. The van der Waals surface area contributed by atoms with Gasteiger partial charge >= 0.3 is 0 Å². The van der Waals surface area contributed by atoms with Crippen molar-refractivity contribution in [3.8, 4) is 11.1 Å². The fourth-order valence-electron chi connectivity index (χ4n) is 4.16. The number of aryl methyl sites for hydroxylation is 2. The fourth-order valence-corrected chi connectivity index (χ4v) is 4.16. The second-order valence-corrected chi connectivity index (χ2v) is 7.82. The quantitative estimate of drug-likeness (QED) is 0.315. The molecule has 0 radical (unpaired) electrons. The third kappa shape index (κ3) is 4.04. The summed E-state index contributed by atoms with van der Waals surface area (Å²) in [5.74, 6) is 0. The summed E-state index contributed by atoms with van der Waals surface area (Å²) in [6.45, 7) is 0. The van der Waals surface area contributed by atoms with Crippen LogP contribution in [0.3, 0.4) is 0 Å². The normalized spacial score (nSPS) is 12.8. The molecule has 144 valence electrons. The van der Waals surface area contributed by atoms with Gasteiger partial charge in [0.2, 0.25) is 0 Å². The molecule has 0 aromatic heterocycles. The minimum absolute atomic E-state index is 1.10. The molecule has 4 aromatic rings. The van der Waals surface area contributed by atoms with Gasteiger partial charge in [0.1, 0.15) is 0 Å². The lowest BCUT2D eigenvalue weighted by Gasteiger charge is -2.21. The van der Waals surface area contributed by atoms with Gasteiger partial charge < -0.3 is 0 Å². The SMILES string of the molecule is C(=C\c1ccc2c(c1)CCc1cc(/C=C/c3ccccc3)ccc1-2)/c1ccccc1. The van der Waals surface area contributed by atoms with E-state index in [0.717, 1.165) is 12.8 Å². The Morgan fingerprint density at radius 2 is 0.800 bits per heavy atom. The molecule has 30 heavy (non-hydrogen) atoms. The number of fused-ring (bicyclic) bond motifs is 3. The van der Waals surface area contributed by atoms with Crippen molar-refractivity contribution in [1.82, 2.24) is 0 Å². The molecule has 0 atom stereocenters. The Balaban J connectivity index is 1.39. The highest BCUT2D eigenvalue weighted by molar-refractivity contribution is 5.79. The third-order valence-corrected chi connectivity index (χ3v) is 5.75. The molecule has 0 unspecified atom stereocenters. The molecule has 0 N–H and O–H groups in total. The van der Waals surface area contributed by atoms with Crippen LogP contribution in [0, 0.1) is 0 Å². The van der Waals surface area contributed by atoms with Crippen LogP contribution in [0.15, 0.2) is 97.1 Å². The molecule has 1 aliphatic carbocycles. The largest absolute Gasteiger partial charge is 0.0622 e. The van der Waals surface area contributed by atoms with Crippen molar-refractivity contribution in [2.75, 3.05) is 0 Å². The maximum Gasteiger partial charge on any atom is -0.0149 e. The van der Waals surface area contributed by atoms with Gasteiger partial charge in [-0.3, -0.25) is 0 Å². The molecule has 0 heteroatoms. The van der Waals surface area contributed by atoms with Gasteiger partial charge in [-0.05, 0) is 57.3 Å². The first-order chi connectivity index (χ1) is 14.8. The average Bonchev–Trinajstić information content (AvgIpc) is 2.82. The van der Waals surface area contributed by atoms with Gasteiger partial charge in [-0.1, -0.05) is 121 Å². The zero-order valence-electron chi connectivity index (χ0n) is 17.0. The lowest BCUT2D eigenvalue weighted by Crippen LogP contribution is -2.04. The molecule has 4 aromatic carbocycles. The first kappa shape index (κ1) is 18.4. The lowest BCUT2D eigenvalue weighted by atomic mass is 9.84. The monoisotopic (exact) mass is 384 g/mol. The summed E-state index contributed by atoms with van der Waals surface area (Å²) in [5, 5.41) is 0. The summed E-state index contributed by atoms with van der Waals surface area (Å²) in [5.41, 5.74) is 10.7. The third-order valence-electron chi connectivity index (χ3n) is 5.75. The van der Waals surface area contributed by atoms with Gasteiger partial charge in [-0.15, -0.1) is 0 Å². The van der Waals surface area contributed by atoms with Crippen LogP contribution in [0.25, 0.3) is 35.4 Å². The van der Waals surface area contributed by atoms with Crippen LogP contribution in [-0.4, -0.2) is 0 Å². The Morgan fingerprint density at radius 3 is 1.23 bits per heavy atom. The van der Waals surface area contributed by atoms with Crippen molar-refractivity contribution in [2.45, 2.75) is 12.8 Å². The number of rotatable bonds is 4. The van der Waals surface area contributed by atoms with Crippen molar-refractivity contribution in [3.63, 3.8) is 0 Å². The van der Waals surface area contributed by atoms with E-state index in [-0.39, 0.29) is 0 Å². The zero-order valence-corrected chi connectivity index (χ0v) is 17.0. The number of hydrogen-bond acceptors (Lipinski definition) is 0. The van der Waals surface area contributed by atoms with Crippen molar-refractivity contribution in [2.24, 2.45) is 0 Å². The summed E-state index contributed by atoms with van der Waals surface area (Å²) in [6, 6.07) is 34.7. The Bertz CT molecular complexity index is 1110. The number of benzene rings is 4. The van der Waals surface area contributed by atoms with Crippen molar-refractivity contribution in [1.29, 1.82) is 0 Å². The molecule has 0 bridgehead atoms. The van der Waals surface area contributed by atoms with E-state index < -0.39 is 0 Å².